The first-order valence-electron chi connectivity index (χ1n) is 10.5. The molecule has 1 aliphatic rings. The van der Waals surface area contributed by atoms with Crippen LogP contribution in [0.3, 0.4) is 0 Å². The molecule has 0 bridgehead atoms. The van der Waals surface area contributed by atoms with Gasteiger partial charge < -0.3 is 9.47 Å². The number of benzene rings is 1. The Hall–Kier alpha value is -2.60. The molecular formula is C23H29N5O. The number of aromatic nitrogens is 4. The number of nitrogens with zero attached hydrogens (tertiary/aromatic N) is 5. The summed E-state index contributed by atoms with van der Waals surface area (Å²) in [6.07, 6.45) is 7.67. The number of aryl methyl sites for hydroxylation is 1. The zero-order valence-corrected chi connectivity index (χ0v) is 17.5. The molecule has 0 aliphatic carbocycles. The number of ketones is 1. The van der Waals surface area contributed by atoms with Gasteiger partial charge in [0, 0.05) is 36.7 Å². The molecule has 3 heterocycles. The minimum atomic E-state index is 0.137. The fraction of sp³-hybridized carbons (Fsp3) is 0.478. The summed E-state index contributed by atoms with van der Waals surface area (Å²) in [5.41, 5.74) is 2.97. The second-order valence-corrected chi connectivity index (χ2v) is 8.56. The molecule has 29 heavy (non-hydrogen) atoms. The molecule has 1 fully saturated rings. The Balaban J connectivity index is 1.45. The van der Waals surface area contributed by atoms with Gasteiger partial charge >= 0.3 is 0 Å². The Morgan fingerprint density at radius 3 is 2.69 bits per heavy atom. The van der Waals surface area contributed by atoms with Crippen molar-refractivity contribution in [3.63, 3.8) is 0 Å². The molecule has 0 atom stereocenters. The topological polar surface area (TPSA) is 63.9 Å². The molecule has 0 radical (unpaired) electrons. The number of carbonyl (C=O) groups excluding carboxylic acids is 1. The second kappa shape index (κ2) is 8.41. The predicted octanol–water partition coefficient (Wildman–Crippen LogP) is 3.51. The first kappa shape index (κ1) is 19.7. The Labute approximate surface area is 172 Å². The maximum atomic E-state index is 12.8. The van der Waals surface area contributed by atoms with Crippen LogP contribution >= 0.6 is 0 Å². The summed E-state index contributed by atoms with van der Waals surface area (Å²) in [6, 6.07) is 6.12. The minimum Gasteiger partial charge on any atom is -0.334 e. The summed E-state index contributed by atoms with van der Waals surface area (Å²) in [5.74, 6) is 1.70. The molecule has 6 heteroatoms. The van der Waals surface area contributed by atoms with Gasteiger partial charge in [0.2, 0.25) is 0 Å². The highest BCUT2D eigenvalue weighted by atomic mass is 16.1. The lowest BCUT2D eigenvalue weighted by Crippen LogP contribution is -2.38. The molecule has 2 aromatic heterocycles. The van der Waals surface area contributed by atoms with E-state index < -0.39 is 0 Å². The van der Waals surface area contributed by atoms with Gasteiger partial charge in [-0.25, -0.2) is 15.0 Å². The lowest BCUT2D eigenvalue weighted by atomic mass is 9.90. The summed E-state index contributed by atoms with van der Waals surface area (Å²) in [7, 11) is 1.98. The van der Waals surface area contributed by atoms with E-state index in [2.05, 4.69) is 34.8 Å². The number of hydrogen-bond acceptors (Lipinski definition) is 5. The van der Waals surface area contributed by atoms with Crippen molar-refractivity contribution >= 4 is 16.7 Å². The van der Waals surface area contributed by atoms with Crippen molar-refractivity contribution < 1.29 is 4.79 Å². The fourth-order valence-corrected chi connectivity index (χ4v) is 4.20. The van der Waals surface area contributed by atoms with Gasteiger partial charge in [-0.05, 0) is 37.9 Å². The molecule has 0 spiro atoms. The van der Waals surface area contributed by atoms with E-state index in [0.29, 0.717) is 18.2 Å². The Kier molecular flexibility index (Phi) is 5.72. The Morgan fingerprint density at radius 2 is 2.00 bits per heavy atom. The van der Waals surface area contributed by atoms with E-state index >= 15 is 0 Å². The molecular weight excluding hydrogens is 362 g/mol. The quantitative estimate of drug-likeness (QED) is 0.643. The number of imidazole rings is 1. The lowest BCUT2D eigenvalue weighted by molar-refractivity contribution is -0.123. The van der Waals surface area contributed by atoms with Crippen molar-refractivity contribution in [1.82, 2.24) is 24.4 Å². The summed E-state index contributed by atoms with van der Waals surface area (Å²) in [4.78, 5) is 28.6. The first-order valence-corrected chi connectivity index (χ1v) is 10.5. The van der Waals surface area contributed by atoms with Gasteiger partial charge in [-0.1, -0.05) is 26.0 Å². The van der Waals surface area contributed by atoms with E-state index in [1.165, 1.54) is 0 Å². The third-order valence-electron chi connectivity index (χ3n) is 5.74. The van der Waals surface area contributed by atoms with Gasteiger partial charge in [-0.2, -0.15) is 0 Å². The minimum absolute atomic E-state index is 0.137. The summed E-state index contributed by atoms with van der Waals surface area (Å²) in [6.45, 7) is 7.64. The van der Waals surface area contributed by atoms with Crippen molar-refractivity contribution in [3.8, 4) is 11.3 Å². The van der Waals surface area contributed by atoms with Crippen LogP contribution in [0, 0.1) is 11.8 Å². The molecule has 6 nitrogen and oxygen atoms in total. The second-order valence-electron chi connectivity index (χ2n) is 8.56. The zero-order valence-electron chi connectivity index (χ0n) is 17.5. The number of fused-ring (bicyclic) bond motifs is 1. The van der Waals surface area contributed by atoms with Gasteiger partial charge in [0.15, 0.2) is 0 Å². The van der Waals surface area contributed by atoms with Gasteiger partial charge in [0.1, 0.15) is 11.6 Å². The zero-order chi connectivity index (χ0) is 20.4. The van der Waals surface area contributed by atoms with Crippen LogP contribution in [-0.2, 0) is 18.3 Å². The molecule has 152 valence electrons. The van der Waals surface area contributed by atoms with Gasteiger partial charge in [-0.15, -0.1) is 0 Å². The van der Waals surface area contributed by atoms with E-state index in [1.54, 1.807) is 6.33 Å². The summed E-state index contributed by atoms with van der Waals surface area (Å²) < 4.78 is 1.98. The van der Waals surface area contributed by atoms with Crippen molar-refractivity contribution in [2.45, 2.75) is 33.1 Å². The van der Waals surface area contributed by atoms with Crippen LogP contribution in [-0.4, -0.2) is 49.8 Å². The van der Waals surface area contributed by atoms with Crippen molar-refractivity contribution in [2.75, 3.05) is 19.6 Å². The van der Waals surface area contributed by atoms with E-state index in [9.17, 15) is 4.79 Å². The number of rotatable bonds is 6. The molecule has 0 amide bonds. The molecule has 0 saturated carbocycles. The highest BCUT2D eigenvalue weighted by Gasteiger charge is 2.25. The first-order chi connectivity index (χ1) is 14.0. The summed E-state index contributed by atoms with van der Waals surface area (Å²) >= 11 is 0. The van der Waals surface area contributed by atoms with Crippen LogP contribution in [0.4, 0.5) is 0 Å². The van der Waals surface area contributed by atoms with Crippen LogP contribution in [0.15, 0.2) is 36.9 Å². The van der Waals surface area contributed by atoms with Crippen LogP contribution < -0.4 is 0 Å². The molecule has 1 saturated heterocycles. The van der Waals surface area contributed by atoms with Crippen LogP contribution in [0.5, 0.6) is 0 Å². The Morgan fingerprint density at radius 1 is 1.21 bits per heavy atom. The van der Waals surface area contributed by atoms with Crippen LogP contribution in [0.2, 0.25) is 0 Å². The number of piperidine rings is 1. The van der Waals surface area contributed by atoms with E-state index in [0.717, 1.165) is 54.6 Å². The van der Waals surface area contributed by atoms with Crippen LogP contribution in [0.1, 0.15) is 32.5 Å². The summed E-state index contributed by atoms with van der Waals surface area (Å²) in [5, 5.41) is 0.981. The number of carbonyl (C=O) groups is 1. The van der Waals surface area contributed by atoms with Gasteiger partial charge in [-0.3, -0.25) is 4.79 Å². The van der Waals surface area contributed by atoms with Crippen molar-refractivity contribution in [1.29, 1.82) is 0 Å². The largest absolute Gasteiger partial charge is 0.334 e. The van der Waals surface area contributed by atoms with E-state index in [1.807, 2.05) is 36.1 Å². The molecule has 3 aromatic rings. The molecule has 0 N–H and O–H groups in total. The standard InChI is InChI=1S/C23H29N5O/c1-16(2)14-28-8-6-17(7-9-28)22(29)11-23-25-12-19-5-4-18(10-20(19)26-23)21-13-24-15-27(21)3/h4-5,10,12-13,15-17H,6-9,11,14H2,1-3H3. The Bertz CT molecular complexity index is 1000. The highest BCUT2D eigenvalue weighted by molar-refractivity contribution is 5.85. The average molecular weight is 392 g/mol. The smallest absolute Gasteiger partial charge is 0.143 e. The maximum Gasteiger partial charge on any atom is 0.143 e. The highest BCUT2D eigenvalue weighted by Crippen LogP contribution is 2.24. The molecule has 1 aromatic carbocycles. The SMILES string of the molecule is CC(C)CN1CCC(C(=O)Cc2ncc3ccc(-c4cncn4C)cc3n2)CC1. The third-order valence-corrected chi connectivity index (χ3v) is 5.74. The fourth-order valence-electron chi connectivity index (χ4n) is 4.20. The van der Waals surface area contributed by atoms with Crippen LogP contribution in [0.25, 0.3) is 22.2 Å². The number of likely N-dealkylation sites (tertiary alicyclic amines) is 1. The number of Topliss-reactive ketones (excluding diaryl/α,β-unsaturated/α-hetero) is 1. The van der Waals surface area contributed by atoms with Crippen molar-refractivity contribution in [2.24, 2.45) is 18.9 Å². The number of hydrogen-bond donors (Lipinski definition) is 0. The monoisotopic (exact) mass is 391 g/mol. The average Bonchev–Trinajstić information content (AvgIpc) is 3.13. The molecule has 0 unspecified atom stereocenters. The predicted molar refractivity (Wildman–Crippen MR) is 114 cm³/mol. The normalized spacial score (nSPS) is 16.0. The van der Waals surface area contributed by atoms with Crippen molar-refractivity contribution in [3.05, 3.63) is 42.7 Å². The third kappa shape index (κ3) is 4.53. The van der Waals surface area contributed by atoms with E-state index in [-0.39, 0.29) is 11.7 Å². The maximum absolute atomic E-state index is 12.8. The van der Waals surface area contributed by atoms with Gasteiger partial charge in [0.05, 0.1) is 30.2 Å². The van der Waals surface area contributed by atoms with Gasteiger partial charge in [0.25, 0.3) is 0 Å². The molecule has 4 rings (SSSR count). The lowest BCUT2D eigenvalue weighted by Gasteiger charge is -2.32. The molecule has 1 aliphatic heterocycles. The van der Waals surface area contributed by atoms with E-state index in [4.69, 9.17) is 4.98 Å².